The molecule has 0 aromatic carbocycles. The highest BCUT2D eigenvalue weighted by molar-refractivity contribution is 5.56. The van der Waals surface area contributed by atoms with Gasteiger partial charge in [0.2, 0.25) is 0 Å². The normalized spacial score (nSPS) is 11.7. The predicted molar refractivity (Wildman–Crippen MR) is 41.3 cm³/mol. The summed E-state index contributed by atoms with van der Waals surface area (Å²) in [5.74, 6) is 0.173. The van der Waals surface area contributed by atoms with Gasteiger partial charge in [0.25, 0.3) is 0 Å². The summed E-state index contributed by atoms with van der Waals surface area (Å²) in [6.45, 7) is 3.77. The van der Waals surface area contributed by atoms with Crippen molar-refractivity contribution in [3.63, 3.8) is 0 Å². The molecule has 0 aliphatic carbocycles. The molecule has 1 rings (SSSR count). The van der Waals surface area contributed by atoms with Crippen molar-refractivity contribution in [2.75, 3.05) is 0 Å². The first-order chi connectivity index (χ1) is 5.24. The lowest BCUT2D eigenvalue weighted by Crippen LogP contribution is -1.91. The Hall–Kier alpha value is -1.25. The van der Waals surface area contributed by atoms with Crippen molar-refractivity contribution in [2.45, 2.75) is 13.8 Å². The summed E-state index contributed by atoms with van der Waals surface area (Å²) in [6.07, 6.45) is 4.21. The fourth-order valence-corrected chi connectivity index (χ4v) is 0.645. The minimum absolute atomic E-state index is 0.405. The Bertz CT molecular complexity index is 264. The lowest BCUT2D eigenvalue weighted by Gasteiger charge is -1.95. The van der Waals surface area contributed by atoms with Gasteiger partial charge in [0.05, 0.1) is 12.4 Å². The van der Waals surface area contributed by atoms with Crippen LogP contribution in [0.4, 0.5) is 4.39 Å². The van der Waals surface area contributed by atoms with E-state index in [1.807, 2.05) is 19.9 Å². The minimum atomic E-state index is -0.405. The Kier molecular flexibility index (Phi) is 2.31. The molecule has 0 amide bonds. The number of allylic oxidation sites excluding steroid dienone is 2. The van der Waals surface area contributed by atoms with Gasteiger partial charge in [-0.05, 0) is 19.4 Å². The summed E-state index contributed by atoms with van der Waals surface area (Å²) < 4.78 is 12.3. The van der Waals surface area contributed by atoms with Crippen molar-refractivity contribution in [1.29, 1.82) is 0 Å². The molecule has 58 valence electrons. The van der Waals surface area contributed by atoms with E-state index in [9.17, 15) is 4.39 Å². The molecule has 11 heavy (non-hydrogen) atoms. The summed E-state index contributed by atoms with van der Waals surface area (Å²) in [5, 5.41) is 0. The second-order valence-electron chi connectivity index (χ2n) is 2.20. The average Bonchev–Trinajstić information content (AvgIpc) is 2.05. The van der Waals surface area contributed by atoms with Crippen LogP contribution in [0.5, 0.6) is 0 Å². The van der Waals surface area contributed by atoms with Crippen molar-refractivity contribution in [1.82, 2.24) is 9.97 Å². The molecule has 0 fully saturated rings. The molecule has 0 N–H and O–H groups in total. The standard InChI is InChI=1S/C8H9FN2/c1-3-6(2)8-10-4-7(9)5-11-8/h3-5H,1-2H3/b6-3+. The largest absolute Gasteiger partial charge is 0.234 e. The van der Waals surface area contributed by atoms with Crippen LogP contribution < -0.4 is 0 Å². The number of rotatable bonds is 1. The van der Waals surface area contributed by atoms with E-state index < -0.39 is 5.82 Å². The van der Waals surface area contributed by atoms with Gasteiger partial charge in [-0.3, -0.25) is 0 Å². The van der Waals surface area contributed by atoms with Crippen molar-refractivity contribution in [3.8, 4) is 0 Å². The van der Waals surface area contributed by atoms with Crippen LogP contribution in [-0.4, -0.2) is 9.97 Å². The summed E-state index contributed by atoms with van der Waals surface area (Å²) in [4.78, 5) is 7.59. The SMILES string of the molecule is C/C=C(\C)c1ncc(F)cn1. The fraction of sp³-hybridized carbons (Fsp3) is 0.250. The third kappa shape index (κ3) is 1.83. The molecule has 0 saturated heterocycles. The van der Waals surface area contributed by atoms with Crippen LogP contribution in [-0.2, 0) is 0 Å². The molecule has 3 heteroatoms. The van der Waals surface area contributed by atoms with Gasteiger partial charge in [-0.2, -0.15) is 0 Å². The van der Waals surface area contributed by atoms with Gasteiger partial charge in [0.15, 0.2) is 11.6 Å². The monoisotopic (exact) mass is 152 g/mol. The molecule has 0 unspecified atom stereocenters. The lowest BCUT2D eigenvalue weighted by molar-refractivity contribution is 0.612. The van der Waals surface area contributed by atoms with E-state index in [1.165, 1.54) is 0 Å². The van der Waals surface area contributed by atoms with Gasteiger partial charge >= 0.3 is 0 Å². The number of halogens is 1. The number of hydrogen-bond acceptors (Lipinski definition) is 2. The quantitative estimate of drug-likeness (QED) is 0.615. The molecule has 1 aromatic heterocycles. The highest BCUT2D eigenvalue weighted by Gasteiger charge is 1.96. The maximum absolute atomic E-state index is 12.3. The molecule has 1 aromatic rings. The topological polar surface area (TPSA) is 25.8 Å². The first-order valence-electron chi connectivity index (χ1n) is 3.35. The van der Waals surface area contributed by atoms with E-state index in [-0.39, 0.29) is 0 Å². The molecule has 0 aliphatic rings. The molecule has 2 nitrogen and oxygen atoms in total. The molecule has 0 saturated carbocycles. The minimum Gasteiger partial charge on any atom is -0.234 e. The van der Waals surface area contributed by atoms with Gasteiger partial charge in [-0.15, -0.1) is 0 Å². The van der Waals surface area contributed by atoms with Crippen LogP contribution >= 0.6 is 0 Å². The molecule has 0 bridgehead atoms. The van der Waals surface area contributed by atoms with Crippen LogP contribution in [0.1, 0.15) is 19.7 Å². The number of aromatic nitrogens is 2. The summed E-state index contributed by atoms with van der Waals surface area (Å²) in [6, 6.07) is 0. The maximum atomic E-state index is 12.3. The van der Waals surface area contributed by atoms with Gasteiger partial charge in [0.1, 0.15) is 0 Å². The zero-order chi connectivity index (χ0) is 8.27. The zero-order valence-electron chi connectivity index (χ0n) is 6.50. The lowest BCUT2D eigenvalue weighted by atomic mass is 10.3. The van der Waals surface area contributed by atoms with E-state index in [4.69, 9.17) is 0 Å². The molecule has 0 radical (unpaired) electrons. The van der Waals surface area contributed by atoms with Crippen LogP contribution in [0.2, 0.25) is 0 Å². The smallest absolute Gasteiger partial charge is 0.159 e. The van der Waals surface area contributed by atoms with E-state index >= 15 is 0 Å². The van der Waals surface area contributed by atoms with E-state index in [2.05, 4.69) is 9.97 Å². The Balaban J connectivity index is 2.99. The van der Waals surface area contributed by atoms with Gasteiger partial charge < -0.3 is 0 Å². The first kappa shape index (κ1) is 7.85. The van der Waals surface area contributed by atoms with Crippen LogP contribution in [0.3, 0.4) is 0 Å². The predicted octanol–water partition coefficient (Wildman–Crippen LogP) is 2.04. The molecule has 1 heterocycles. The number of nitrogens with zero attached hydrogens (tertiary/aromatic N) is 2. The van der Waals surface area contributed by atoms with Crippen molar-refractivity contribution < 1.29 is 4.39 Å². The van der Waals surface area contributed by atoms with Gasteiger partial charge in [0, 0.05) is 0 Å². The van der Waals surface area contributed by atoms with Crippen LogP contribution in [0, 0.1) is 5.82 Å². The first-order valence-corrected chi connectivity index (χ1v) is 3.35. The Morgan fingerprint density at radius 3 is 2.45 bits per heavy atom. The third-order valence-corrected chi connectivity index (χ3v) is 1.41. The third-order valence-electron chi connectivity index (χ3n) is 1.41. The van der Waals surface area contributed by atoms with E-state index in [0.29, 0.717) is 5.82 Å². The van der Waals surface area contributed by atoms with E-state index in [0.717, 1.165) is 18.0 Å². The van der Waals surface area contributed by atoms with Gasteiger partial charge in [-0.25, -0.2) is 14.4 Å². The average molecular weight is 152 g/mol. The molecule has 0 aliphatic heterocycles. The molecule has 0 spiro atoms. The summed E-state index contributed by atoms with van der Waals surface area (Å²) in [7, 11) is 0. The Morgan fingerprint density at radius 1 is 1.45 bits per heavy atom. The fourth-order valence-electron chi connectivity index (χ4n) is 0.645. The second-order valence-corrected chi connectivity index (χ2v) is 2.20. The zero-order valence-corrected chi connectivity index (χ0v) is 6.50. The van der Waals surface area contributed by atoms with Crippen molar-refractivity contribution in [3.05, 3.63) is 30.1 Å². The Labute approximate surface area is 64.8 Å². The maximum Gasteiger partial charge on any atom is 0.159 e. The van der Waals surface area contributed by atoms with Crippen molar-refractivity contribution in [2.24, 2.45) is 0 Å². The van der Waals surface area contributed by atoms with Crippen LogP contribution in [0.25, 0.3) is 5.57 Å². The van der Waals surface area contributed by atoms with Crippen molar-refractivity contribution >= 4 is 5.57 Å². The van der Waals surface area contributed by atoms with Crippen LogP contribution in [0.15, 0.2) is 18.5 Å². The Morgan fingerprint density at radius 2 is 2.00 bits per heavy atom. The highest BCUT2D eigenvalue weighted by Crippen LogP contribution is 2.05. The van der Waals surface area contributed by atoms with E-state index in [1.54, 1.807) is 0 Å². The summed E-state index contributed by atoms with van der Waals surface area (Å²) in [5.41, 5.74) is 0.949. The second kappa shape index (κ2) is 3.23. The molecule has 0 atom stereocenters. The number of hydrogen-bond donors (Lipinski definition) is 0. The molecular weight excluding hydrogens is 143 g/mol. The summed E-state index contributed by atoms with van der Waals surface area (Å²) >= 11 is 0. The molecular formula is C8H9FN2. The van der Waals surface area contributed by atoms with Gasteiger partial charge in [-0.1, -0.05) is 6.08 Å². The highest BCUT2D eigenvalue weighted by atomic mass is 19.1.